The summed E-state index contributed by atoms with van der Waals surface area (Å²) < 4.78 is 1.97. The average molecular weight is 203 g/mol. The van der Waals surface area contributed by atoms with Crippen molar-refractivity contribution in [2.24, 2.45) is 0 Å². The van der Waals surface area contributed by atoms with E-state index in [0.717, 1.165) is 0 Å². The lowest BCUT2D eigenvalue weighted by Gasteiger charge is -2.33. The van der Waals surface area contributed by atoms with Crippen LogP contribution in [-0.2, 0) is 4.79 Å². The summed E-state index contributed by atoms with van der Waals surface area (Å²) in [5.41, 5.74) is 0. The number of β-amino-alcohol motifs (C(OH)–C–C–N with tert-alkyl or cyclic N) is 1. The summed E-state index contributed by atoms with van der Waals surface area (Å²) in [4.78, 5) is 10.9. The van der Waals surface area contributed by atoms with Gasteiger partial charge in [-0.05, 0) is 0 Å². The fourth-order valence-electron chi connectivity index (χ4n) is 1.79. The quantitative estimate of drug-likeness (QED) is 0.635. The number of hydrogen-bond donors (Lipinski definition) is 2. The van der Waals surface area contributed by atoms with E-state index in [4.69, 9.17) is 5.11 Å². The molecule has 1 saturated heterocycles. The van der Waals surface area contributed by atoms with Crippen LogP contribution in [0.25, 0.3) is 0 Å². The maximum Gasteiger partial charge on any atom is 0.320 e. The van der Waals surface area contributed by atoms with Crippen LogP contribution in [0.1, 0.15) is 6.42 Å². The fraction of sp³-hybridized carbons (Fsp3) is 0.875. The van der Waals surface area contributed by atoms with Crippen LogP contribution in [0.15, 0.2) is 0 Å². The van der Waals surface area contributed by atoms with Gasteiger partial charge in [0.05, 0.1) is 6.10 Å². The molecule has 1 heterocycles. The molecule has 76 valence electrons. The van der Waals surface area contributed by atoms with Gasteiger partial charge in [0.2, 0.25) is 0 Å². The van der Waals surface area contributed by atoms with Gasteiger partial charge in [0.15, 0.2) is 0 Å². The molecule has 0 aromatic heterocycles. The zero-order valence-electron chi connectivity index (χ0n) is 8.32. The molecule has 2 atom stereocenters. The van der Waals surface area contributed by atoms with Crippen molar-refractivity contribution in [1.82, 2.24) is 4.57 Å². The van der Waals surface area contributed by atoms with Crippen LogP contribution in [0.2, 0.25) is 19.6 Å². The van der Waals surface area contributed by atoms with Crippen LogP contribution in [0.5, 0.6) is 0 Å². The van der Waals surface area contributed by atoms with Crippen molar-refractivity contribution in [3.63, 3.8) is 0 Å². The first-order valence-corrected chi connectivity index (χ1v) is 7.94. The SMILES string of the molecule is C[Si](C)(C)N1C[C@H](O)CC1C(=O)O. The summed E-state index contributed by atoms with van der Waals surface area (Å²) in [6, 6.07) is -0.471. The van der Waals surface area contributed by atoms with Crippen LogP contribution in [0, 0.1) is 0 Å². The lowest BCUT2D eigenvalue weighted by Crippen LogP contribution is -2.51. The molecule has 4 nitrogen and oxygen atoms in total. The van der Waals surface area contributed by atoms with Crippen molar-refractivity contribution in [3.8, 4) is 0 Å². The van der Waals surface area contributed by atoms with Gasteiger partial charge in [-0.3, -0.25) is 4.79 Å². The van der Waals surface area contributed by atoms with Gasteiger partial charge in [-0.15, -0.1) is 0 Å². The number of rotatable bonds is 2. The van der Waals surface area contributed by atoms with E-state index in [1.165, 1.54) is 0 Å². The molecule has 0 aliphatic carbocycles. The number of carbonyl (C=O) groups is 1. The molecule has 1 rings (SSSR count). The lowest BCUT2D eigenvalue weighted by molar-refractivity contribution is -0.140. The first-order chi connectivity index (χ1) is 5.82. The number of carboxylic acids is 1. The van der Waals surface area contributed by atoms with Crippen LogP contribution in [0.3, 0.4) is 0 Å². The number of aliphatic hydroxyl groups is 1. The highest BCUT2D eigenvalue weighted by Gasteiger charge is 2.41. The molecule has 1 aliphatic rings. The predicted octanol–water partition coefficient (Wildman–Crippen LogP) is 0.341. The molecule has 0 aromatic rings. The van der Waals surface area contributed by atoms with Crippen molar-refractivity contribution in [3.05, 3.63) is 0 Å². The molecule has 1 fully saturated rings. The standard InChI is InChI=1S/C8H17NO3Si/c1-13(2,3)9-5-6(10)4-7(9)8(11)12/h6-7,10H,4-5H2,1-3H3,(H,11,12)/t6-,7?/m1/s1. The molecular formula is C8H17NO3Si. The van der Waals surface area contributed by atoms with Gasteiger partial charge < -0.3 is 14.8 Å². The second kappa shape index (κ2) is 3.40. The van der Waals surface area contributed by atoms with Gasteiger partial charge in [0, 0.05) is 13.0 Å². The maximum absolute atomic E-state index is 10.9. The number of aliphatic hydroxyl groups excluding tert-OH is 1. The van der Waals surface area contributed by atoms with E-state index in [0.29, 0.717) is 13.0 Å². The van der Waals surface area contributed by atoms with E-state index in [1.54, 1.807) is 0 Å². The Morgan fingerprint density at radius 1 is 1.46 bits per heavy atom. The van der Waals surface area contributed by atoms with Crippen molar-refractivity contribution in [2.75, 3.05) is 6.54 Å². The predicted molar refractivity (Wildman–Crippen MR) is 52.1 cm³/mol. The van der Waals surface area contributed by atoms with Crippen molar-refractivity contribution < 1.29 is 15.0 Å². The van der Waals surface area contributed by atoms with Crippen molar-refractivity contribution in [1.29, 1.82) is 0 Å². The fourth-order valence-corrected chi connectivity index (χ4v) is 3.70. The van der Waals surface area contributed by atoms with Crippen molar-refractivity contribution in [2.45, 2.75) is 38.2 Å². The third-order valence-electron chi connectivity index (χ3n) is 2.43. The molecule has 0 radical (unpaired) electrons. The topological polar surface area (TPSA) is 60.8 Å². The van der Waals surface area contributed by atoms with Gasteiger partial charge in [0.25, 0.3) is 0 Å². The number of hydrogen-bond acceptors (Lipinski definition) is 3. The monoisotopic (exact) mass is 203 g/mol. The molecule has 0 saturated carbocycles. The van der Waals surface area contributed by atoms with Gasteiger partial charge in [-0.2, -0.15) is 0 Å². The molecule has 1 aliphatic heterocycles. The smallest absolute Gasteiger partial charge is 0.320 e. The highest BCUT2D eigenvalue weighted by molar-refractivity contribution is 6.73. The molecule has 13 heavy (non-hydrogen) atoms. The number of nitrogens with zero attached hydrogens (tertiary/aromatic N) is 1. The summed E-state index contributed by atoms with van der Waals surface area (Å²) in [7, 11) is -1.60. The normalized spacial score (nSPS) is 30.8. The zero-order valence-corrected chi connectivity index (χ0v) is 9.32. The van der Waals surface area contributed by atoms with E-state index in [1.807, 2.05) is 4.57 Å². The van der Waals surface area contributed by atoms with E-state index in [2.05, 4.69) is 19.6 Å². The van der Waals surface area contributed by atoms with E-state index in [-0.39, 0.29) is 0 Å². The van der Waals surface area contributed by atoms with E-state index in [9.17, 15) is 9.90 Å². The average Bonchev–Trinajstić information content (AvgIpc) is 2.29. The van der Waals surface area contributed by atoms with Crippen LogP contribution in [0.4, 0.5) is 0 Å². The minimum absolute atomic E-state index is 0.375. The maximum atomic E-state index is 10.9. The van der Waals surface area contributed by atoms with Crippen LogP contribution < -0.4 is 0 Å². The Morgan fingerprint density at radius 2 is 2.00 bits per heavy atom. The molecule has 2 N–H and O–H groups in total. The van der Waals surface area contributed by atoms with Gasteiger partial charge in [0.1, 0.15) is 14.3 Å². The van der Waals surface area contributed by atoms with Crippen LogP contribution >= 0.6 is 0 Å². The molecular weight excluding hydrogens is 186 g/mol. The number of aliphatic carboxylic acids is 1. The van der Waals surface area contributed by atoms with E-state index >= 15 is 0 Å². The lowest BCUT2D eigenvalue weighted by atomic mass is 10.2. The Hall–Kier alpha value is -0.393. The first-order valence-electron chi connectivity index (χ1n) is 4.50. The van der Waals surface area contributed by atoms with Gasteiger partial charge in [-0.25, -0.2) is 0 Å². The molecule has 0 amide bonds. The third kappa shape index (κ3) is 2.29. The number of carboxylic acid groups (broad SMARTS) is 1. The summed E-state index contributed by atoms with van der Waals surface area (Å²) >= 11 is 0. The highest BCUT2D eigenvalue weighted by Crippen LogP contribution is 2.24. The Bertz CT molecular complexity index is 214. The Morgan fingerprint density at radius 3 is 2.31 bits per heavy atom. The summed E-state index contributed by atoms with van der Waals surface area (Å²) in [5, 5.41) is 18.3. The Labute approximate surface area is 79.3 Å². The van der Waals surface area contributed by atoms with Gasteiger partial charge >= 0.3 is 5.97 Å². The summed E-state index contributed by atoms with van der Waals surface area (Å²) in [5.74, 6) is -0.807. The first kappa shape index (κ1) is 10.7. The Balaban J connectivity index is 2.78. The van der Waals surface area contributed by atoms with E-state index < -0.39 is 26.4 Å². The summed E-state index contributed by atoms with van der Waals surface area (Å²) in [6.45, 7) is 6.82. The van der Waals surface area contributed by atoms with Gasteiger partial charge in [-0.1, -0.05) is 19.6 Å². The second-order valence-electron chi connectivity index (χ2n) is 4.57. The zero-order chi connectivity index (χ0) is 10.2. The minimum atomic E-state index is -1.60. The molecule has 1 unspecified atom stereocenters. The second-order valence-corrected chi connectivity index (χ2v) is 9.48. The molecule has 0 spiro atoms. The largest absolute Gasteiger partial charge is 0.480 e. The van der Waals surface area contributed by atoms with Crippen LogP contribution in [-0.4, -0.2) is 47.7 Å². The molecule has 5 heteroatoms. The minimum Gasteiger partial charge on any atom is -0.480 e. The van der Waals surface area contributed by atoms with Crippen molar-refractivity contribution >= 4 is 14.2 Å². The third-order valence-corrected chi connectivity index (χ3v) is 4.64. The molecule has 0 aromatic carbocycles. The Kier molecular flexibility index (Phi) is 2.79. The molecule has 0 bridgehead atoms. The highest BCUT2D eigenvalue weighted by atomic mass is 28.3. The summed E-state index contributed by atoms with van der Waals surface area (Å²) in [6.07, 6.45) is -0.0904.